The Morgan fingerprint density at radius 2 is 1.32 bits per heavy atom. The molecule has 4 aromatic rings. The molecule has 0 atom stereocenters. The van der Waals surface area contributed by atoms with Gasteiger partial charge in [0.1, 0.15) is 6.07 Å². The Labute approximate surface area is 181 Å². The molecule has 5 nitrogen and oxygen atoms in total. The number of anilines is 3. The molecule has 2 heterocycles. The molecule has 0 spiro atoms. The van der Waals surface area contributed by atoms with Crippen molar-refractivity contribution in [3.05, 3.63) is 103 Å². The monoisotopic (exact) mass is 404 g/mol. The van der Waals surface area contributed by atoms with Gasteiger partial charge in [0, 0.05) is 28.6 Å². The van der Waals surface area contributed by atoms with Crippen LogP contribution in [0.3, 0.4) is 0 Å². The lowest BCUT2D eigenvalue weighted by Crippen LogP contribution is -2.39. The maximum Gasteiger partial charge on any atom is 0.632 e. The lowest BCUT2D eigenvalue weighted by atomic mass is 9.79. The van der Waals surface area contributed by atoms with Gasteiger partial charge >= 0.3 is 7.12 Å². The first-order valence-corrected chi connectivity index (χ1v) is 10.1. The van der Waals surface area contributed by atoms with Crippen LogP contribution in [-0.4, -0.2) is 7.12 Å². The van der Waals surface area contributed by atoms with Gasteiger partial charge in [-0.05, 0) is 36.4 Å². The van der Waals surface area contributed by atoms with Gasteiger partial charge < -0.3 is 14.2 Å². The van der Waals surface area contributed by atoms with Crippen LogP contribution in [0.15, 0.2) is 103 Å². The van der Waals surface area contributed by atoms with Crippen molar-refractivity contribution in [2.75, 3.05) is 4.90 Å². The number of pyridine rings is 1. The van der Waals surface area contributed by atoms with E-state index in [4.69, 9.17) is 14.6 Å². The molecule has 1 aromatic heterocycles. The summed E-state index contributed by atoms with van der Waals surface area (Å²) < 4.78 is 13.7. The zero-order valence-electron chi connectivity index (χ0n) is 16.8. The first-order chi connectivity index (χ1) is 15.3. The highest BCUT2D eigenvalue weighted by molar-refractivity contribution is 6.63. The predicted octanol–water partition coefficient (Wildman–Crippen LogP) is 4.13. The van der Waals surface area contributed by atoms with Gasteiger partial charge in [-0.25, -0.2) is 0 Å². The van der Waals surface area contributed by atoms with Gasteiger partial charge in [-0.15, -0.1) is 0 Å². The summed E-state index contributed by atoms with van der Waals surface area (Å²) in [5.41, 5.74) is 4.14. The highest BCUT2D eigenvalue weighted by Gasteiger charge is 2.35. The van der Waals surface area contributed by atoms with Crippen LogP contribution in [-0.2, 0) is 6.54 Å². The quantitative estimate of drug-likeness (QED) is 0.371. The van der Waals surface area contributed by atoms with Gasteiger partial charge in [-0.2, -0.15) is 9.83 Å². The number of nitrogens with zero attached hydrogens (tertiary/aromatic N) is 3. The summed E-state index contributed by atoms with van der Waals surface area (Å²) in [5, 5.41) is 8.89. The van der Waals surface area contributed by atoms with Crippen LogP contribution < -0.4 is 24.2 Å². The molecule has 0 fully saturated rings. The maximum absolute atomic E-state index is 8.89. The van der Waals surface area contributed by atoms with E-state index in [-0.39, 0.29) is 6.54 Å². The Morgan fingerprint density at radius 3 is 1.94 bits per heavy atom. The van der Waals surface area contributed by atoms with Crippen molar-refractivity contribution in [2.45, 2.75) is 6.54 Å². The molecular formula is C25H19BN3O2+. The fourth-order valence-electron chi connectivity index (χ4n) is 3.64. The fraction of sp³-hybridized carbons (Fsp3) is 0.0400. The van der Waals surface area contributed by atoms with Crippen molar-refractivity contribution in [1.29, 1.82) is 5.26 Å². The molecular weight excluding hydrogens is 385 g/mol. The van der Waals surface area contributed by atoms with E-state index in [1.54, 1.807) is 10.8 Å². The largest absolute Gasteiger partial charge is 0.632 e. The number of fused-ring (bicyclic) bond motifs is 1. The molecule has 0 saturated carbocycles. The highest BCUT2D eigenvalue weighted by atomic mass is 16.6. The highest BCUT2D eigenvalue weighted by Crippen LogP contribution is 2.34. The third-order valence-electron chi connectivity index (χ3n) is 5.12. The number of nitriles is 1. The predicted molar refractivity (Wildman–Crippen MR) is 120 cm³/mol. The molecule has 0 N–H and O–H groups in total. The Bertz CT molecular complexity index is 1190. The van der Waals surface area contributed by atoms with E-state index < -0.39 is 7.12 Å². The molecule has 0 unspecified atom stereocenters. The Balaban J connectivity index is 1.42. The van der Waals surface area contributed by atoms with Crippen molar-refractivity contribution >= 4 is 29.6 Å². The van der Waals surface area contributed by atoms with Gasteiger partial charge in [0.15, 0.2) is 11.9 Å². The maximum atomic E-state index is 8.89. The minimum Gasteiger partial charge on any atom is -0.519 e. The zero-order chi connectivity index (χ0) is 21.0. The molecule has 5 rings (SSSR count). The number of para-hydroxylation sites is 2. The van der Waals surface area contributed by atoms with E-state index in [9.17, 15) is 0 Å². The van der Waals surface area contributed by atoms with E-state index in [0.29, 0.717) is 11.5 Å². The summed E-state index contributed by atoms with van der Waals surface area (Å²) in [7, 11) is -0.510. The van der Waals surface area contributed by atoms with Crippen LogP contribution in [0.4, 0.5) is 17.1 Å². The molecule has 1 aliphatic rings. The van der Waals surface area contributed by atoms with Crippen LogP contribution in [0, 0.1) is 11.3 Å². The van der Waals surface area contributed by atoms with Crippen molar-refractivity contribution in [3.63, 3.8) is 0 Å². The van der Waals surface area contributed by atoms with Crippen LogP contribution in [0.25, 0.3) is 0 Å². The van der Waals surface area contributed by atoms with Crippen molar-refractivity contribution in [3.8, 4) is 17.6 Å². The molecule has 0 bridgehead atoms. The summed E-state index contributed by atoms with van der Waals surface area (Å²) in [6.07, 6.45) is 3.61. The Hall–Kier alpha value is -4.24. The second kappa shape index (κ2) is 8.25. The Morgan fingerprint density at radius 1 is 0.742 bits per heavy atom. The summed E-state index contributed by atoms with van der Waals surface area (Å²) in [4.78, 5) is 2.21. The van der Waals surface area contributed by atoms with E-state index in [2.05, 4.69) is 47.4 Å². The van der Waals surface area contributed by atoms with Crippen molar-refractivity contribution in [2.24, 2.45) is 0 Å². The second-order valence-electron chi connectivity index (χ2n) is 7.17. The van der Waals surface area contributed by atoms with Crippen molar-refractivity contribution in [1.82, 2.24) is 0 Å². The second-order valence-corrected chi connectivity index (χ2v) is 7.17. The molecule has 3 aromatic carbocycles. The van der Waals surface area contributed by atoms with E-state index in [1.165, 1.54) is 0 Å². The van der Waals surface area contributed by atoms with Gasteiger partial charge in [-0.1, -0.05) is 48.5 Å². The van der Waals surface area contributed by atoms with Crippen LogP contribution in [0.5, 0.6) is 11.5 Å². The lowest BCUT2D eigenvalue weighted by Gasteiger charge is -2.25. The van der Waals surface area contributed by atoms with E-state index >= 15 is 0 Å². The number of aromatic nitrogens is 1. The fourth-order valence-corrected chi connectivity index (χ4v) is 3.64. The molecule has 148 valence electrons. The summed E-state index contributed by atoms with van der Waals surface area (Å²) in [6.45, 7) is 0.269. The average molecular weight is 404 g/mol. The average Bonchev–Trinajstić information content (AvgIpc) is 3.25. The summed E-state index contributed by atoms with van der Waals surface area (Å²) >= 11 is 0. The number of benzene rings is 3. The van der Waals surface area contributed by atoms with E-state index in [0.717, 1.165) is 22.5 Å². The molecule has 1 aliphatic heterocycles. The normalized spacial score (nSPS) is 11.8. The lowest BCUT2D eigenvalue weighted by molar-refractivity contribution is -0.685. The zero-order valence-corrected chi connectivity index (χ0v) is 16.8. The number of hydrogen-bond acceptors (Lipinski definition) is 4. The molecule has 31 heavy (non-hydrogen) atoms. The first-order valence-electron chi connectivity index (χ1n) is 10.1. The molecule has 0 aliphatic carbocycles. The Kier molecular flexibility index (Phi) is 5.00. The smallest absolute Gasteiger partial charge is 0.519 e. The SMILES string of the molecule is N#CC[n+]1ccc2c(c1)OB(c1ccc(N(c3ccccc3)c3ccccc3)cc1)O2. The number of rotatable bonds is 5. The van der Waals surface area contributed by atoms with Crippen LogP contribution in [0.1, 0.15) is 0 Å². The first kappa shape index (κ1) is 18.8. The molecule has 0 amide bonds. The van der Waals surface area contributed by atoms with Gasteiger partial charge in [0.25, 0.3) is 0 Å². The minimum absolute atomic E-state index is 0.269. The third-order valence-corrected chi connectivity index (χ3v) is 5.12. The standard InChI is InChI=1S/C25H19BN3O2/c27-16-18-28-17-15-24-25(19-28)31-26(30-24)20-11-13-23(14-12-20)29(21-7-3-1-4-8-21)22-9-5-2-6-10-22/h1-15,17,19H,18H2/q+1. The summed E-state index contributed by atoms with van der Waals surface area (Å²) in [5.74, 6) is 1.32. The van der Waals surface area contributed by atoms with Gasteiger partial charge in [-0.3, -0.25) is 0 Å². The van der Waals surface area contributed by atoms with Gasteiger partial charge in [0.2, 0.25) is 18.5 Å². The van der Waals surface area contributed by atoms with Crippen molar-refractivity contribution < 1.29 is 13.9 Å². The summed E-state index contributed by atoms with van der Waals surface area (Å²) in [6, 6.07) is 32.7. The molecule has 0 saturated heterocycles. The van der Waals surface area contributed by atoms with Crippen LogP contribution >= 0.6 is 0 Å². The molecule has 0 radical (unpaired) electrons. The molecule has 6 heteroatoms. The van der Waals surface area contributed by atoms with E-state index in [1.807, 2.05) is 60.8 Å². The third kappa shape index (κ3) is 3.81. The minimum atomic E-state index is -0.510. The number of hydrogen-bond donors (Lipinski definition) is 0. The van der Waals surface area contributed by atoms with Crippen LogP contribution in [0.2, 0.25) is 0 Å². The van der Waals surface area contributed by atoms with Gasteiger partial charge in [0.05, 0.1) is 0 Å². The topological polar surface area (TPSA) is 49.4 Å².